The number of benzene rings is 1. The van der Waals surface area contributed by atoms with Gasteiger partial charge >= 0.3 is 0 Å². The number of nitrogens with zero attached hydrogens (tertiary/aromatic N) is 3. The van der Waals surface area contributed by atoms with Gasteiger partial charge in [-0.1, -0.05) is 38.8 Å². The fourth-order valence-electron chi connectivity index (χ4n) is 2.11. The van der Waals surface area contributed by atoms with Crippen molar-refractivity contribution in [2.45, 2.75) is 46.0 Å². The number of unbranched alkanes of at least 4 members (excludes halogenated alkanes) is 2. The van der Waals surface area contributed by atoms with Crippen molar-refractivity contribution in [2.75, 3.05) is 6.61 Å². The fourth-order valence-corrected chi connectivity index (χ4v) is 2.30. The normalized spacial score (nSPS) is 11.2. The van der Waals surface area contributed by atoms with Crippen molar-refractivity contribution in [1.82, 2.24) is 14.9 Å². The molecule has 0 aliphatic rings. The molecule has 2 rings (SSSR count). The number of rotatable bonds is 9. The fraction of sp³-hybridized carbons (Fsp3) is 0.471. The molecule has 0 unspecified atom stereocenters. The molecular weight excluding hydrogens is 308 g/mol. The summed E-state index contributed by atoms with van der Waals surface area (Å²) in [6, 6.07) is 7.89. The van der Waals surface area contributed by atoms with Crippen LogP contribution < -0.4 is 4.74 Å². The molecule has 0 bridgehead atoms. The van der Waals surface area contributed by atoms with Crippen molar-refractivity contribution < 1.29 is 4.74 Å². The minimum atomic E-state index is 0.511. The molecule has 23 heavy (non-hydrogen) atoms. The Bertz CT molecular complexity index is 690. The highest BCUT2D eigenvalue weighted by Crippen LogP contribution is 2.16. The molecule has 2 aromatic rings. The molecule has 5 nitrogen and oxygen atoms in total. The molecule has 1 N–H and O–H groups in total. The van der Waals surface area contributed by atoms with Crippen LogP contribution in [0.25, 0.3) is 0 Å². The van der Waals surface area contributed by atoms with Crippen LogP contribution in [0.4, 0.5) is 0 Å². The molecule has 1 aromatic heterocycles. The van der Waals surface area contributed by atoms with Crippen molar-refractivity contribution in [3.05, 3.63) is 40.4 Å². The summed E-state index contributed by atoms with van der Waals surface area (Å²) in [5, 5.41) is 11.6. The number of hydrogen-bond acceptors (Lipinski definition) is 4. The Morgan fingerprint density at radius 2 is 2.04 bits per heavy atom. The van der Waals surface area contributed by atoms with E-state index in [0.717, 1.165) is 49.2 Å². The maximum Gasteiger partial charge on any atom is 0.216 e. The average molecular weight is 332 g/mol. The topological polar surface area (TPSA) is 55.2 Å². The number of nitrogens with one attached hydrogen (secondary N) is 1. The summed E-state index contributed by atoms with van der Waals surface area (Å²) in [6.45, 7) is 5.02. The number of aryl methyl sites for hydroxylation is 1. The molecule has 1 heterocycles. The summed E-state index contributed by atoms with van der Waals surface area (Å²) in [7, 11) is 0. The van der Waals surface area contributed by atoms with Crippen molar-refractivity contribution in [3.8, 4) is 5.75 Å². The Hall–Kier alpha value is -1.95. The third-order valence-electron chi connectivity index (χ3n) is 3.46. The largest absolute Gasteiger partial charge is 0.493 e. The highest BCUT2D eigenvalue weighted by molar-refractivity contribution is 7.71. The molecule has 0 aliphatic carbocycles. The monoisotopic (exact) mass is 332 g/mol. The molecule has 0 saturated heterocycles. The van der Waals surface area contributed by atoms with Gasteiger partial charge in [-0.25, -0.2) is 0 Å². The van der Waals surface area contributed by atoms with Gasteiger partial charge in [0, 0.05) is 12.0 Å². The van der Waals surface area contributed by atoms with Crippen LogP contribution >= 0.6 is 12.2 Å². The molecule has 0 fully saturated rings. The third kappa shape index (κ3) is 5.03. The lowest BCUT2D eigenvalue weighted by atomic mass is 10.2. The van der Waals surface area contributed by atoms with Crippen LogP contribution in [-0.4, -0.2) is 27.7 Å². The molecule has 0 amide bonds. The smallest absolute Gasteiger partial charge is 0.216 e. The Balaban J connectivity index is 2.17. The van der Waals surface area contributed by atoms with E-state index >= 15 is 0 Å². The van der Waals surface area contributed by atoms with Crippen molar-refractivity contribution >= 4 is 18.4 Å². The minimum absolute atomic E-state index is 0.511. The van der Waals surface area contributed by atoms with Gasteiger partial charge in [0.25, 0.3) is 0 Å². The van der Waals surface area contributed by atoms with Gasteiger partial charge in [0.05, 0.1) is 12.8 Å². The van der Waals surface area contributed by atoms with E-state index in [1.807, 2.05) is 24.3 Å². The molecule has 0 saturated carbocycles. The van der Waals surface area contributed by atoms with Crippen molar-refractivity contribution in [3.63, 3.8) is 0 Å². The van der Waals surface area contributed by atoms with Crippen LogP contribution in [0.2, 0.25) is 0 Å². The Labute approximate surface area is 142 Å². The van der Waals surface area contributed by atoms with E-state index in [1.54, 1.807) is 10.9 Å². The maximum absolute atomic E-state index is 5.82. The van der Waals surface area contributed by atoms with Gasteiger partial charge in [0.15, 0.2) is 5.82 Å². The summed E-state index contributed by atoms with van der Waals surface area (Å²) in [5.41, 5.74) is 0.938. The number of aromatic nitrogens is 3. The van der Waals surface area contributed by atoms with Crippen molar-refractivity contribution in [1.29, 1.82) is 0 Å². The maximum atomic E-state index is 5.82. The SMILES string of the molecule is CCCCOc1ccccc1/C=N\n1c(CCCC)n[nH]c1=S. The predicted octanol–water partition coefficient (Wildman–Crippen LogP) is 4.34. The first-order valence-electron chi connectivity index (χ1n) is 8.18. The molecule has 0 radical (unpaired) electrons. The molecule has 124 valence electrons. The number of H-pyrrole nitrogens is 1. The number of aromatic amines is 1. The van der Waals surface area contributed by atoms with Crippen LogP contribution in [0.15, 0.2) is 29.4 Å². The van der Waals surface area contributed by atoms with Gasteiger partial charge < -0.3 is 4.74 Å². The van der Waals surface area contributed by atoms with Crippen molar-refractivity contribution in [2.24, 2.45) is 5.10 Å². The second kappa shape index (κ2) is 9.25. The van der Waals surface area contributed by atoms with Crippen LogP contribution in [0.3, 0.4) is 0 Å². The Kier molecular flexibility index (Phi) is 7.00. The quantitative estimate of drug-likeness (QED) is 0.422. The summed E-state index contributed by atoms with van der Waals surface area (Å²) < 4.78 is 8.02. The molecule has 0 spiro atoms. The molecule has 6 heteroatoms. The molecule has 1 aromatic carbocycles. The van der Waals surface area contributed by atoms with Gasteiger partial charge in [-0.05, 0) is 37.2 Å². The van der Waals surface area contributed by atoms with Gasteiger partial charge in [-0.2, -0.15) is 14.9 Å². The van der Waals surface area contributed by atoms with Gasteiger partial charge in [-0.3, -0.25) is 5.10 Å². The van der Waals surface area contributed by atoms with E-state index in [0.29, 0.717) is 11.4 Å². The lowest BCUT2D eigenvalue weighted by Gasteiger charge is -2.08. The number of ether oxygens (including phenoxy) is 1. The zero-order chi connectivity index (χ0) is 16.5. The molecule has 0 atom stereocenters. The molecule has 0 aliphatic heterocycles. The average Bonchev–Trinajstić information content (AvgIpc) is 2.92. The Morgan fingerprint density at radius 3 is 2.83 bits per heavy atom. The van der Waals surface area contributed by atoms with Gasteiger partial charge in [-0.15, -0.1) is 0 Å². The summed E-state index contributed by atoms with van der Waals surface area (Å²) in [5.74, 6) is 1.70. The van der Waals surface area contributed by atoms with E-state index in [4.69, 9.17) is 17.0 Å². The van der Waals surface area contributed by atoms with E-state index < -0.39 is 0 Å². The van der Waals surface area contributed by atoms with Gasteiger partial charge in [0.1, 0.15) is 5.75 Å². The highest BCUT2D eigenvalue weighted by Gasteiger charge is 2.05. The lowest BCUT2D eigenvalue weighted by molar-refractivity contribution is 0.309. The van der Waals surface area contributed by atoms with Crippen LogP contribution in [0, 0.1) is 4.77 Å². The lowest BCUT2D eigenvalue weighted by Crippen LogP contribution is -2.02. The Morgan fingerprint density at radius 1 is 1.26 bits per heavy atom. The van der Waals surface area contributed by atoms with E-state index in [-0.39, 0.29) is 0 Å². The van der Waals surface area contributed by atoms with Crippen LogP contribution in [0.1, 0.15) is 50.9 Å². The predicted molar refractivity (Wildman–Crippen MR) is 95.9 cm³/mol. The number of hydrogen-bond donors (Lipinski definition) is 1. The third-order valence-corrected chi connectivity index (χ3v) is 3.72. The zero-order valence-electron chi connectivity index (χ0n) is 13.8. The zero-order valence-corrected chi connectivity index (χ0v) is 14.6. The second-order valence-corrected chi connectivity index (χ2v) is 5.73. The standard InChI is InChI=1S/C17H24N4OS/c1-3-5-11-16-19-20-17(23)21(16)18-13-14-9-7-8-10-15(14)22-12-6-4-2/h7-10,13H,3-6,11-12H2,1-2H3,(H,20,23)/b18-13-. The first-order chi connectivity index (χ1) is 11.3. The second-order valence-electron chi connectivity index (χ2n) is 5.34. The first-order valence-corrected chi connectivity index (χ1v) is 8.59. The van der Waals surface area contributed by atoms with E-state index in [9.17, 15) is 0 Å². The van der Waals surface area contributed by atoms with Gasteiger partial charge in [0.2, 0.25) is 4.77 Å². The summed E-state index contributed by atoms with van der Waals surface area (Å²) in [4.78, 5) is 0. The van der Waals surface area contributed by atoms with E-state index in [2.05, 4.69) is 29.1 Å². The summed E-state index contributed by atoms with van der Waals surface area (Å²) in [6.07, 6.45) is 6.96. The van der Waals surface area contributed by atoms with E-state index in [1.165, 1.54) is 0 Å². The first kappa shape index (κ1) is 17.4. The van der Waals surface area contributed by atoms with Crippen LogP contribution in [-0.2, 0) is 6.42 Å². The van der Waals surface area contributed by atoms with Crippen LogP contribution in [0.5, 0.6) is 5.75 Å². The minimum Gasteiger partial charge on any atom is -0.493 e. The number of para-hydroxylation sites is 1. The summed E-state index contributed by atoms with van der Waals surface area (Å²) >= 11 is 5.26. The molecular formula is C17H24N4OS. The highest BCUT2D eigenvalue weighted by atomic mass is 32.1.